The number of aromatic nitrogens is 2. The summed E-state index contributed by atoms with van der Waals surface area (Å²) in [6.07, 6.45) is 3.98. The van der Waals surface area contributed by atoms with Crippen LogP contribution in [0.2, 0.25) is 0 Å². The molecule has 0 saturated carbocycles. The van der Waals surface area contributed by atoms with Gasteiger partial charge in [0.25, 0.3) is 0 Å². The van der Waals surface area contributed by atoms with E-state index in [1.165, 1.54) is 5.39 Å². The highest BCUT2D eigenvalue weighted by atomic mass is 35.5. The highest BCUT2D eigenvalue weighted by molar-refractivity contribution is 5.85. The van der Waals surface area contributed by atoms with Gasteiger partial charge in [-0.1, -0.05) is 0 Å². The van der Waals surface area contributed by atoms with E-state index in [2.05, 4.69) is 33.2 Å². The lowest BCUT2D eigenvalue weighted by atomic mass is 10.2. The zero-order valence-corrected chi connectivity index (χ0v) is 9.72. The molecule has 0 aromatic carbocycles. The normalized spacial score (nSPS) is 15.2. The van der Waals surface area contributed by atoms with Crippen LogP contribution in [0.5, 0.6) is 0 Å². The van der Waals surface area contributed by atoms with Gasteiger partial charge in [-0.05, 0) is 18.2 Å². The second-order valence-electron chi connectivity index (χ2n) is 3.45. The fraction of sp³-hybridized carbons (Fsp3) is 0.300. The fourth-order valence-electron chi connectivity index (χ4n) is 1.75. The molecule has 2 aromatic rings. The van der Waals surface area contributed by atoms with E-state index < -0.39 is 0 Å². The molecule has 1 saturated heterocycles. The molecule has 1 aliphatic heterocycles. The summed E-state index contributed by atoms with van der Waals surface area (Å²) < 4.78 is 2.26. The molecule has 2 aromatic heterocycles. The molecular weight excluding hydrogens is 233 g/mol. The van der Waals surface area contributed by atoms with E-state index in [4.69, 9.17) is 0 Å². The molecule has 3 rings (SSSR count). The Labute approximate surface area is 101 Å². The molecular formula is C10H13Cl2N3. The van der Waals surface area contributed by atoms with Crippen molar-refractivity contribution < 1.29 is 0 Å². The minimum Gasteiger partial charge on any atom is -0.327 e. The molecule has 3 heterocycles. The van der Waals surface area contributed by atoms with Crippen molar-refractivity contribution in [1.82, 2.24) is 14.9 Å². The maximum Gasteiger partial charge on any atom is 0.140 e. The third-order valence-corrected chi connectivity index (χ3v) is 2.63. The maximum atomic E-state index is 4.38. The first-order chi connectivity index (χ1) is 6.45. The molecule has 0 unspecified atom stereocenters. The van der Waals surface area contributed by atoms with Crippen molar-refractivity contribution in [3.05, 3.63) is 30.6 Å². The van der Waals surface area contributed by atoms with Crippen molar-refractivity contribution in [3.63, 3.8) is 0 Å². The first kappa shape index (κ1) is 12.3. The minimum absolute atomic E-state index is 0. The van der Waals surface area contributed by atoms with Gasteiger partial charge < -0.3 is 9.88 Å². The number of rotatable bonds is 1. The lowest BCUT2D eigenvalue weighted by Gasteiger charge is -2.28. The molecule has 82 valence electrons. The van der Waals surface area contributed by atoms with Crippen LogP contribution in [0.15, 0.2) is 30.6 Å². The zero-order valence-electron chi connectivity index (χ0n) is 8.09. The van der Waals surface area contributed by atoms with E-state index in [9.17, 15) is 0 Å². The van der Waals surface area contributed by atoms with E-state index in [1.807, 2.05) is 12.3 Å². The number of pyridine rings is 1. The Morgan fingerprint density at radius 3 is 2.73 bits per heavy atom. The molecule has 0 atom stereocenters. The van der Waals surface area contributed by atoms with E-state index in [1.54, 1.807) is 0 Å². The maximum absolute atomic E-state index is 4.38. The molecule has 3 nitrogen and oxygen atoms in total. The van der Waals surface area contributed by atoms with Gasteiger partial charge in [0.2, 0.25) is 0 Å². The molecule has 0 aliphatic carbocycles. The average Bonchev–Trinajstić information content (AvgIpc) is 2.47. The second-order valence-corrected chi connectivity index (χ2v) is 3.45. The van der Waals surface area contributed by atoms with Crippen LogP contribution in [-0.2, 0) is 0 Å². The molecule has 0 bridgehead atoms. The van der Waals surface area contributed by atoms with Crippen molar-refractivity contribution in [2.75, 3.05) is 13.1 Å². The van der Waals surface area contributed by atoms with Gasteiger partial charge in [-0.3, -0.25) is 0 Å². The van der Waals surface area contributed by atoms with Gasteiger partial charge in [0.05, 0.1) is 6.04 Å². The van der Waals surface area contributed by atoms with Crippen molar-refractivity contribution in [2.24, 2.45) is 0 Å². The van der Waals surface area contributed by atoms with Crippen molar-refractivity contribution in [1.29, 1.82) is 0 Å². The second kappa shape index (κ2) is 4.84. The third-order valence-electron chi connectivity index (χ3n) is 2.63. The van der Waals surface area contributed by atoms with Gasteiger partial charge in [-0.25, -0.2) is 4.98 Å². The first-order valence-corrected chi connectivity index (χ1v) is 4.57. The summed E-state index contributed by atoms with van der Waals surface area (Å²) in [4.78, 5) is 4.38. The van der Waals surface area contributed by atoms with Crippen molar-refractivity contribution in [2.45, 2.75) is 6.04 Å². The molecule has 1 N–H and O–H groups in total. The van der Waals surface area contributed by atoms with Gasteiger partial charge in [0.15, 0.2) is 0 Å². The summed E-state index contributed by atoms with van der Waals surface area (Å²) >= 11 is 0. The van der Waals surface area contributed by atoms with Gasteiger partial charge in [0.1, 0.15) is 5.65 Å². The van der Waals surface area contributed by atoms with E-state index in [0.29, 0.717) is 6.04 Å². The lowest BCUT2D eigenvalue weighted by molar-refractivity contribution is 0.350. The SMILES string of the molecule is Cl.Cl.c1cnc2c(c1)ccn2C1CNC1. The highest BCUT2D eigenvalue weighted by Gasteiger charge is 2.19. The Balaban J connectivity index is 0.000000562. The summed E-state index contributed by atoms with van der Waals surface area (Å²) in [7, 11) is 0. The van der Waals surface area contributed by atoms with Crippen LogP contribution in [0.1, 0.15) is 6.04 Å². The number of nitrogens with zero attached hydrogens (tertiary/aromatic N) is 2. The van der Waals surface area contributed by atoms with E-state index >= 15 is 0 Å². The number of nitrogens with one attached hydrogen (secondary N) is 1. The van der Waals surface area contributed by atoms with Crippen LogP contribution in [-0.4, -0.2) is 22.6 Å². The summed E-state index contributed by atoms with van der Waals surface area (Å²) in [6.45, 7) is 2.14. The lowest BCUT2D eigenvalue weighted by Crippen LogP contribution is -2.43. The zero-order chi connectivity index (χ0) is 8.67. The van der Waals surface area contributed by atoms with Crippen LogP contribution < -0.4 is 5.32 Å². The summed E-state index contributed by atoms with van der Waals surface area (Å²) in [6, 6.07) is 6.81. The largest absolute Gasteiger partial charge is 0.327 e. The fourth-order valence-corrected chi connectivity index (χ4v) is 1.75. The van der Waals surface area contributed by atoms with E-state index in [0.717, 1.165) is 18.7 Å². The predicted octanol–water partition coefficient (Wildman–Crippen LogP) is 2.02. The smallest absolute Gasteiger partial charge is 0.140 e. The number of halogens is 2. The molecule has 0 spiro atoms. The summed E-state index contributed by atoms with van der Waals surface area (Å²) in [5.74, 6) is 0. The minimum atomic E-state index is 0. The number of hydrogen-bond acceptors (Lipinski definition) is 2. The van der Waals surface area contributed by atoms with Crippen molar-refractivity contribution in [3.8, 4) is 0 Å². The van der Waals surface area contributed by atoms with Crippen LogP contribution >= 0.6 is 24.8 Å². The standard InChI is InChI=1S/C10H11N3.2ClH/c1-2-8-3-5-13(9-6-11-7-9)10(8)12-4-1;;/h1-5,9,11H,6-7H2;2*1H. The van der Waals surface area contributed by atoms with Crippen LogP contribution in [0.3, 0.4) is 0 Å². The summed E-state index contributed by atoms with van der Waals surface area (Å²) in [5, 5.41) is 4.50. The van der Waals surface area contributed by atoms with Gasteiger partial charge >= 0.3 is 0 Å². The molecule has 1 aliphatic rings. The Morgan fingerprint density at radius 2 is 2.07 bits per heavy atom. The van der Waals surface area contributed by atoms with Gasteiger partial charge in [0, 0.05) is 30.9 Å². The first-order valence-electron chi connectivity index (χ1n) is 4.57. The highest BCUT2D eigenvalue weighted by Crippen LogP contribution is 2.19. The van der Waals surface area contributed by atoms with Crippen LogP contribution in [0, 0.1) is 0 Å². The number of fused-ring (bicyclic) bond motifs is 1. The Kier molecular flexibility index (Phi) is 3.97. The van der Waals surface area contributed by atoms with Crippen molar-refractivity contribution >= 4 is 35.8 Å². The van der Waals surface area contributed by atoms with Gasteiger partial charge in [-0.2, -0.15) is 0 Å². The number of hydrogen-bond donors (Lipinski definition) is 1. The Hall–Kier alpha value is -0.770. The average molecular weight is 246 g/mol. The van der Waals surface area contributed by atoms with Crippen LogP contribution in [0.4, 0.5) is 0 Å². The molecule has 15 heavy (non-hydrogen) atoms. The topological polar surface area (TPSA) is 29.9 Å². The monoisotopic (exact) mass is 245 g/mol. The summed E-state index contributed by atoms with van der Waals surface area (Å²) in [5.41, 5.74) is 1.11. The van der Waals surface area contributed by atoms with E-state index in [-0.39, 0.29) is 24.8 Å². The molecule has 1 fully saturated rings. The predicted molar refractivity (Wildman–Crippen MR) is 66.1 cm³/mol. The third kappa shape index (κ3) is 1.95. The molecule has 0 amide bonds. The van der Waals surface area contributed by atoms with Gasteiger partial charge in [-0.15, -0.1) is 24.8 Å². The Morgan fingerprint density at radius 1 is 1.27 bits per heavy atom. The quantitative estimate of drug-likeness (QED) is 0.834. The molecule has 0 radical (unpaired) electrons. The molecule has 5 heteroatoms. The van der Waals surface area contributed by atoms with Crippen LogP contribution in [0.25, 0.3) is 11.0 Å². The Bertz CT molecular complexity index is 437.